The van der Waals surface area contributed by atoms with Crippen molar-refractivity contribution in [3.8, 4) is 11.5 Å². The Labute approximate surface area is 163 Å². The van der Waals surface area contributed by atoms with Gasteiger partial charge in [-0.25, -0.2) is 9.97 Å². The largest absolute Gasteiger partial charge is 0.497 e. The fraction of sp³-hybridized carbons (Fsp3) is 0.200. The van der Waals surface area contributed by atoms with Gasteiger partial charge < -0.3 is 20.1 Å². The number of hydrogen-bond donors (Lipinski definition) is 2. The molecule has 7 heteroatoms. The van der Waals surface area contributed by atoms with Crippen LogP contribution in [0.3, 0.4) is 0 Å². The molecule has 6 nitrogen and oxygen atoms in total. The van der Waals surface area contributed by atoms with Gasteiger partial charge in [0, 0.05) is 22.8 Å². The summed E-state index contributed by atoms with van der Waals surface area (Å²) in [6, 6.07) is 13.1. The van der Waals surface area contributed by atoms with Gasteiger partial charge in [-0.1, -0.05) is 11.6 Å². The van der Waals surface area contributed by atoms with Crippen LogP contribution in [0.2, 0.25) is 5.02 Å². The lowest BCUT2D eigenvalue weighted by Gasteiger charge is -2.14. The fourth-order valence-corrected chi connectivity index (χ4v) is 2.87. The molecule has 0 atom stereocenters. The van der Waals surface area contributed by atoms with Gasteiger partial charge in [-0.05, 0) is 49.7 Å². The Morgan fingerprint density at radius 1 is 0.815 bits per heavy atom. The first kappa shape index (κ1) is 18.8. The number of nitrogens with one attached hydrogen (secondary N) is 2. The highest BCUT2D eigenvalue weighted by Gasteiger charge is 2.09. The Bertz CT molecular complexity index is 963. The second kappa shape index (κ2) is 8.14. The van der Waals surface area contributed by atoms with E-state index in [2.05, 4.69) is 20.6 Å². The van der Waals surface area contributed by atoms with Crippen molar-refractivity contribution >= 4 is 34.6 Å². The van der Waals surface area contributed by atoms with Crippen molar-refractivity contribution in [2.24, 2.45) is 0 Å². The molecule has 0 unspecified atom stereocenters. The van der Waals surface area contributed by atoms with Gasteiger partial charge in [0.25, 0.3) is 0 Å². The fourth-order valence-electron chi connectivity index (χ4n) is 2.64. The molecular formula is C20H21ClN4O2. The van der Waals surface area contributed by atoms with Crippen LogP contribution in [0.1, 0.15) is 11.4 Å². The number of aryl methyl sites for hydroxylation is 2. The molecule has 3 aromatic rings. The van der Waals surface area contributed by atoms with Gasteiger partial charge in [0.1, 0.15) is 29.0 Å². The highest BCUT2D eigenvalue weighted by molar-refractivity contribution is 6.30. The molecule has 0 fully saturated rings. The van der Waals surface area contributed by atoms with Gasteiger partial charge in [0.15, 0.2) is 0 Å². The van der Waals surface area contributed by atoms with Crippen molar-refractivity contribution in [3.63, 3.8) is 0 Å². The van der Waals surface area contributed by atoms with Crippen LogP contribution < -0.4 is 20.1 Å². The molecule has 0 aliphatic heterocycles. The number of halogens is 1. The average Bonchev–Trinajstić information content (AvgIpc) is 2.64. The zero-order valence-electron chi connectivity index (χ0n) is 15.6. The van der Waals surface area contributed by atoms with E-state index in [1.54, 1.807) is 14.2 Å². The molecule has 0 saturated carbocycles. The van der Waals surface area contributed by atoms with Crippen LogP contribution in [0.15, 0.2) is 42.5 Å². The Morgan fingerprint density at radius 2 is 1.48 bits per heavy atom. The lowest BCUT2D eigenvalue weighted by molar-refractivity contribution is 0.395. The minimum atomic E-state index is 0.640. The molecular weight excluding hydrogens is 364 g/mol. The van der Waals surface area contributed by atoms with Gasteiger partial charge in [0.05, 0.1) is 19.9 Å². The Hall–Kier alpha value is -2.99. The van der Waals surface area contributed by atoms with Gasteiger partial charge >= 0.3 is 0 Å². The van der Waals surface area contributed by atoms with Gasteiger partial charge in [-0.15, -0.1) is 0 Å². The van der Waals surface area contributed by atoms with Crippen molar-refractivity contribution in [2.75, 3.05) is 24.9 Å². The zero-order chi connectivity index (χ0) is 19.4. The topological polar surface area (TPSA) is 68.3 Å². The third kappa shape index (κ3) is 4.60. The number of benzene rings is 2. The molecule has 0 radical (unpaired) electrons. The number of methoxy groups -OCH3 is 2. The number of ether oxygens (including phenoxy) is 2. The summed E-state index contributed by atoms with van der Waals surface area (Å²) in [5, 5.41) is 7.28. The summed E-state index contributed by atoms with van der Waals surface area (Å²) in [5.74, 6) is 3.36. The normalized spacial score (nSPS) is 10.4. The van der Waals surface area contributed by atoms with Crippen LogP contribution in [0.4, 0.5) is 23.0 Å². The van der Waals surface area contributed by atoms with Crippen LogP contribution in [0, 0.1) is 13.8 Å². The van der Waals surface area contributed by atoms with Gasteiger partial charge in [0.2, 0.25) is 0 Å². The molecule has 0 aliphatic rings. The van der Waals surface area contributed by atoms with Crippen LogP contribution in [0.25, 0.3) is 0 Å². The standard InChI is InChI=1S/C20H21ClN4O2/c1-12-9-14(21)5-7-16(12)24-19-11-20(23-13(2)22-19)25-17-8-6-15(26-3)10-18(17)27-4/h5-11H,1-4H3,(H2,22,23,24,25). The minimum Gasteiger partial charge on any atom is -0.497 e. The summed E-state index contributed by atoms with van der Waals surface area (Å²) in [7, 11) is 3.23. The van der Waals surface area contributed by atoms with Crippen molar-refractivity contribution in [1.29, 1.82) is 0 Å². The van der Waals surface area contributed by atoms with Gasteiger partial charge in [-0.2, -0.15) is 0 Å². The minimum absolute atomic E-state index is 0.640. The Kier molecular flexibility index (Phi) is 5.66. The van der Waals surface area contributed by atoms with E-state index in [9.17, 15) is 0 Å². The zero-order valence-corrected chi connectivity index (χ0v) is 16.4. The smallest absolute Gasteiger partial charge is 0.146 e. The molecule has 0 bridgehead atoms. The molecule has 0 amide bonds. The van der Waals surface area contributed by atoms with E-state index < -0.39 is 0 Å². The molecule has 3 rings (SSSR count). The predicted octanol–water partition coefficient (Wildman–Crippen LogP) is 5.25. The van der Waals surface area contributed by atoms with Crippen molar-refractivity contribution < 1.29 is 9.47 Å². The summed E-state index contributed by atoms with van der Waals surface area (Å²) in [4.78, 5) is 8.91. The molecule has 0 saturated heterocycles. The van der Waals surface area contributed by atoms with Gasteiger partial charge in [-0.3, -0.25) is 0 Å². The lowest BCUT2D eigenvalue weighted by Crippen LogP contribution is -2.03. The molecule has 27 heavy (non-hydrogen) atoms. The second-order valence-electron chi connectivity index (χ2n) is 5.96. The maximum atomic E-state index is 6.03. The van der Waals surface area contributed by atoms with Crippen molar-refractivity contribution in [1.82, 2.24) is 9.97 Å². The van der Waals surface area contributed by atoms with E-state index in [0.717, 1.165) is 22.7 Å². The average molecular weight is 385 g/mol. The quantitative estimate of drug-likeness (QED) is 0.604. The van der Waals surface area contributed by atoms with E-state index in [1.807, 2.05) is 56.3 Å². The molecule has 0 aliphatic carbocycles. The first-order valence-electron chi connectivity index (χ1n) is 8.36. The molecule has 1 heterocycles. The van der Waals surface area contributed by atoms with E-state index in [4.69, 9.17) is 21.1 Å². The van der Waals surface area contributed by atoms with Crippen LogP contribution in [0.5, 0.6) is 11.5 Å². The van der Waals surface area contributed by atoms with Crippen molar-refractivity contribution in [2.45, 2.75) is 13.8 Å². The summed E-state index contributed by atoms with van der Waals surface area (Å²) < 4.78 is 10.7. The number of rotatable bonds is 6. The molecule has 0 spiro atoms. The molecule has 2 aromatic carbocycles. The highest BCUT2D eigenvalue weighted by Crippen LogP contribution is 2.32. The first-order chi connectivity index (χ1) is 13.0. The first-order valence-corrected chi connectivity index (χ1v) is 8.74. The Balaban J connectivity index is 1.87. The van der Waals surface area contributed by atoms with Crippen LogP contribution in [-0.2, 0) is 0 Å². The van der Waals surface area contributed by atoms with E-state index in [-0.39, 0.29) is 0 Å². The van der Waals surface area contributed by atoms with Crippen LogP contribution in [-0.4, -0.2) is 24.2 Å². The third-order valence-corrected chi connectivity index (χ3v) is 4.20. The summed E-state index contributed by atoms with van der Waals surface area (Å²) in [6.07, 6.45) is 0. The maximum absolute atomic E-state index is 6.03. The molecule has 1 aromatic heterocycles. The monoisotopic (exact) mass is 384 g/mol. The second-order valence-corrected chi connectivity index (χ2v) is 6.40. The maximum Gasteiger partial charge on any atom is 0.146 e. The SMILES string of the molecule is COc1ccc(Nc2cc(Nc3ccc(Cl)cc3C)nc(C)n2)c(OC)c1. The number of aromatic nitrogens is 2. The van der Waals surface area contributed by atoms with E-state index in [1.165, 1.54) is 0 Å². The number of nitrogens with zero attached hydrogens (tertiary/aromatic N) is 2. The summed E-state index contributed by atoms with van der Waals surface area (Å²) in [5.41, 5.74) is 2.75. The number of anilines is 4. The highest BCUT2D eigenvalue weighted by atomic mass is 35.5. The van der Waals surface area contributed by atoms with E-state index >= 15 is 0 Å². The Morgan fingerprint density at radius 3 is 2.11 bits per heavy atom. The molecule has 2 N–H and O–H groups in total. The summed E-state index contributed by atoms with van der Waals surface area (Å²) >= 11 is 6.03. The number of hydrogen-bond acceptors (Lipinski definition) is 6. The van der Waals surface area contributed by atoms with Crippen molar-refractivity contribution in [3.05, 3.63) is 58.9 Å². The summed E-state index contributed by atoms with van der Waals surface area (Å²) in [6.45, 7) is 3.83. The predicted molar refractivity (Wildman–Crippen MR) is 109 cm³/mol. The molecule has 140 valence electrons. The third-order valence-electron chi connectivity index (χ3n) is 3.96. The lowest BCUT2D eigenvalue weighted by atomic mass is 10.2. The van der Waals surface area contributed by atoms with E-state index in [0.29, 0.717) is 28.2 Å². The van der Waals surface area contributed by atoms with Crippen LogP contribution >= 0.6 is 11.6 Å².